The first kappa shape index (κ1) is 16.6. The predicted octanol–water partition coefficient (Wildman–Crippen LogP) is 4.27. The van der Waals surface area contributed by atoms with Crippen molar-refractivity contribution in [3.8, 4) is 22.9 Å². The molecule has 4 rings (SSSR count). The Hall–Kier alpha value is -3.91. The Bertz CT molecular complexity index is 1180. The van der Waals surface area contributed by atoms with Gasteiger partial charge in [-0.05, 0) is 35.9 Å². The summed E-state index contributed by atoms with van der Waals surface area (Å²) < 4.78 is 6.89. The summed E-state index contributed by atoms with van der Waals surface area (Å²) in [5, 5.41) is 9.89. The van der Waals surface area contributed by atoms with Crippen LogP contribution in [-0.4, -0.2) is 22.6 Å². The zero-order chi connectivity index (χ0) is 18.8. The quantitative estimate of drug-likeness (QED) is 0.551. The van der Waals surface area contributed by atoms with E-state index in [2.05, 4.69) is 11.1 Å². The van der Waals surface area contributed by atoms with Gasteiger partial charge in [0.1, 0.15) is 5.75 Å². The van der Waals surface area contributed by atoms with Crippen molar-refractivity contribution in [3.63, 3.8) is 0 Å². The molecule has 0 unspecified atom stereocenters. The van der Waals surface area contributed by atoms with Gasteiger partial charge in [-0.2, -0.15) is 5.26 Å². The fourth-order valence-corrected chi connectivity index (χ4v) is 3.14. The minimum atomic E-state index is -0.179. The van der Waals surface area contributed by atoms with Crippen LogP contribution in [0, 0.1) is 11.3 Å². The second-order valence-corrected chi connectivity index (χ2v) is 6.00. The summed E-state index contributed by atoms with van der Waals surface area (Å²) in [5.41, 5.74) is 3.65. The number of aromatic nitrogens is 2. The third kappa shape index (κ3) is 2.83. The molecule has 0 amide bonds. The summed E-state index contributed by atoms with van der Waals surface area (Å²) in [6.07, 6.45) is 5.19. The first-order valence-corrected chi connectivity index (χ1v) is 8.36. The number of para-hydroxylation sites is 1. The van der Waals surface area contributed by atoms with Gasteiger partial charge in [-0.1, -0.05) is 24.3 Å². The van der Waals surface area contributed by atoms with E-state index in [1.165, 1.54) is 0 Å². The molecule has 0 radical (unpaired) electrons. The van der Waals surface area contributed by atoms with Gasteiger partial charge in [0.2, 0.25) is 0 Å². The van der Waals surface area contributed by atoms with Crippen LogP contribution in [0.2, 0.25) is 0 Å². The molecular formula is C22H15N3O2. The van der Waals surface area contributed by atoms with E-state index in [4.69, 9.17) is 10.00 Å². The molecule has 0 bridgehead atoms. The van der Waals surface area contributed by atoms with E-state index in [-0.39, 0.29) is 5.91 Å². The predicted molar refractivity (Wildman–Crippen MR) is 103 cm³/mol. The number of ether oxygens (including phenoxy) is 1. The molecule has 0 N–H and O–H groups in total. The highest BCUT2D eigenvalue weighted by Gasteiger charge is 2.17. The molecule has 5 nitrogen and oxygen atoms in total. The minimum Gasteiger partial charge on any atom is -0.496 e. The van der Waals surface area contributed by atoms with Crippen LogP contribution in [0.4, 0.5) is 0 Å². The summed E-state index contributed by atoms with van der Waals surface area (Å²) in [6.45, 7) is 0. The van der Waals surface area contributed by atoms with Crippen molar-refractivity contribution < 1.29 is 9.53 Å². The molecule has 0 atom stereocenters. The molecule has 130 valence electrons. The lowest BCUT2D eigenvalue weighted by atomic mass is 10.0. The summed E-state index contributed by atoms with van der Waals surface area (Å²) in [4.78, 5) is 17.4. The number of benzene rings is 2. The lowest BCUT2D eigenvalue weighted by Gasteiger charge is -2.09. The maximum atomic E-state index is 13.1. The molecule has 5 heteroatoms. The van der Waals surface area contributed by atoms with Crippen molar-refractivity contribution in [1.29, 1.82) is 5.26 Å². The largest absolute Gasteiger partial charge is 0.496 e. The van der Waals surface area contributed by atoms with Gasteiger partial charge in [0.25, 0.3) is 5.91 Å². The van der Waals surface area contributed by atoms with Crippen LogP contribution in [0.25, 0.3) is 22.0 Å². The van der Waals surface area contributed by atoms with Crippen LogP contribution in [0.5, 0.6) is 5.75 Å². The van der Waals surface area contributed by atoms with Gasteiger partial charge in [-0.3, -0.25) is 14.3 Å². The van der Waals surface area contributed by atoms with E-state index < -0.39 is 0 Å². The van der Waals surface area contributed by atoms with E-state index in [1.54, 1.807) is 54.5 Å². The van der Waals surface area contributed by atoms with E-state index in [0.29, 0.717) is 22.4 Å². The fraction of sp³-hybridized carbons (Fsp3) is 0.0455. The Balaban J connectivity index is 1.83. The molecule has 0 saturated carbocycles. The number of hydrogen-bond donors (Lipinski definition) is 0. The van der Waals surface area contributed by atoms with Gasteiger partial charge in [-0.15, -0.1) is 0 Å². The monoisotopic (exact) mass is 353 g/mol. The van der Waals surface area contributed by atoms with E-state index in [0.717, 1.165) is 16.5 Å². The molecule has 2 aromatic carbocycles. The van der Waals surface area contributed by atoms with Crippen molar-refractivity contribution in [3.05, 3.63) is 84.3 Å². The molecule has 2 heterocycles. The number of carbonyl (C=O) groups excluding carboxylic acids is 1. The molecule has 2 aromatic heterocycles. The summed E-state index contributed by atoms with van der Waals surface area (Å²) in [6, 6.07) is 18.5. The normalized spacial score (nSPS) is 10.5. The second kappa shape index (κ2) is 6.77. The lowest BCUT2D eigenvalue weighted by Crippen LogP contribution is -2.12. The van der Waals surface area contributed by atoms with Crippen molar-refractivity contribution in [2.45, 2.75) is 0 Å². The Morgan fingerprint density at radius 3 is 2.59 bits per heavy atom. The average molecular weight is 353 g/mol. The van der Waals surface area contributed by atoms with Gasteiger partial charge in [0, 0.05) is 23.3 Å². The zero-order valence-electron chi connectivity index (χ0n) is 14.6. The molecular weight excluding hydrogens is 338 g/mol. The number of hydrogen-bond acceptors (Lipinski definition) is 4. The maximum Gasteiger partial charge on any atom is 0.266 e. The first-order chi connectivity index (χ1) is 13.2. The molecule has 0 fully saturated rings. The molecule has 4 aromatic rings. The number of fused-ring (bicyclic) bond motifs is 1. The van der Waals surface area contributed by atoms with Gasteiger partial charge < -0.3 is 4.74 Å². The molecule has 0 aliphatic heterocycles. The smallest absolute Gasteiger partial charge is 0.266 e. The number of nitriles is 1. The highest BCUT2D eigenvalue weighted by atomic mass is 16.5. The maximum absolute atomic E-state index is 13.1. The Labute approximate surface area is 156 Å². The molecule has 0 aliphatic carbocycles. The van der Waals surface area contributed by atoms with Crippen LogP contribution >= 0.6 is 0 Å². The van der Waals surface area contributed by atoms with Crippen molar-refractivity contribution >= 4 is 16.8 Å². The van der Waals surface area contributed by atoms with E-state index in [1.807, 2.05) is 30.3 Å². The summed E-state index contributed by atoms with van der Waals surface area (Å²) in [7, 11) is 1.55. The van der Waals surface area contributed by atoms with E-state index >= 15 is 0 Å². The molecule has 0 aliphatic rings. The lowest BCUT2D eigenvalue weighted by molar-refractivity contribution is 0.0962. The Morgan fingerprint density at radius 1 is 1.07 bits per heavy atom. The van der Waals surface area contributed by atoms with Gasteiger partial charge in [0.15, 0.2) is 0 Å². The van der Waals surface area contributed by atoms with Crippen LogP contribution in [0.15, 0.2) is 73.2 Å². The highest BCUT2D eigenvalue weighted by Crippen LogP contribution is 2.30. The Morgan fingerprint density at radius 2 is 1.85 bits per heavy atom. The number of pyridine rings is 1. The number of nitrogens with zero attached hydrogens (tertiary/aromatic N) is 3. The molecule has 0 saturated heterocycles. The van der Waals surface area contributed by atoms with Crippen LogP contribution in [0.1, 0.15) is 15.9 Å². The first-order valence-electron chi connectivity index (χ1n) is 8.36. The standard InChI is InChI=1S/C22H15N3O2/c1-27-21-5-3-2-4-18(21)22(26)25-11-10-17-19(13-24-14-20(17)25)16-8-6-15(12-23)7-9-16/h2-11,13-14H,1H3. The van der Waals surface area contributed by atoms with Gasteiger partial charge in [-0.25, -0.2) is 0 Å². The summed E-state index contributed by atoms with van der Waals surface area (Å²) in [5.74, 6) is 0.349. The molecule has 0 spiro atoms. The van der Waals surface area contributed by atoms with Crippen molar-refractivity contribution in [2.24, 2.45) is 0 Å². The van der Waals surface area contributed by atoms with Crippen molar-refractivity contribution in [2.75, 3.05) is 7.11 Å². The topological polar surface area (TPSA) is 67.9 Å². The van der Waals surface area contributed by atoms with Crippen LogP contribution in [0.3, 0.4) is 0 Å². The van der Waals surface area contributed by atoms with Crippen molar-refractivity contribution in [1.82, 2.24) is 9.55 Å². The van der Waals surface area contributed by atoms with Crippen LogP contribution in [-0.2, 0) is 0 Å². The second-order valence-electron chi connectivity index (χ2n) is 6.00. The molecule has 27 heavy (non-hydrogen) atoms. The highest BCUT2D eigenvalue weighted by molar-refractivity contribution is 6.06. The zero-order valence-corrected chi connectivity index (χ0v) is 14.6. The SMILES string of the molecule is COc1ccccc1C(=O)n1ccc2c(-c3ccc(C#N)cc3)cncc21. The fourth-order valence-electron chi connectivity index (χ4n) is 3.14. The number of methoxy groups -OCH3 is 1. The van der Waals surface area contributed by atoms with Gasteiger partial charge in [0.05, 0.1) is 36.0 Å². The summed E-state index contributed by atoms with van der Waals surface area (Å²) >= 11 is 0. The Kier molecular flexibility index (Phi) is 4.15. The minimum absolute atomic E-state index is 0.179. The third-order valence-corrected chi connectivity index (χ3v) is 4.50. The third-order valence-electron chi connectivity index (χ3n) is 4.50. The number of rotatable bonds is 3. The number of carbonyl (C=O) groups is 1. The van der Waals surface area contributed by atoms with E-state index in [9.17, 15) is 4.79 Å². The average Bonchev–Trinajstić information content (AvgIpc) is 3.17. The van der Waals surface area contributed by atoms with Gasteiger partial charge >= 0.3 is 0 Å². The van der Waals surface area contributed by atoms with Crippen LogP contribution < -0.4 is 4.74 Å².